The Bertz CT molecular complexity index is 144. The van der Waals surface area contributed by atoms with E-state index in [9.17, 15) is 0 Å². The molecule has 0 amide bonds. The second kappa shape index (κ2) is 6.38. The van der Waals surface area contributed by atoms with Crippen LogP contribution in [0.4, 0.5) is 0 Å². The van der Waals surface area contributed by atoms with Crippen molar-refractivity contribution >= 4 is 0 Å². The van der Waals surface area contributed by atoms with Crippen LogP contribution >= 0.6 is 0 Å². The molecule has 0 spiro atoms. The molecule has 0 unspecified atom stereocenters. The van der Waals surface area contributed by atoms with Crippen LogP contribution in [-0.2, 0) is 9.47 Å². The van der Waals surface area contributed by atoms with Crippen molar-refractivity contribution in [2.75, 3.05) is 26.3 Å². The van der Waals surface area contributed by atoms with E-state index < -0.39 is 0 Å². The highest BCUT2D eigenvalue weighted by Crippen LogP contribution is 2.10. The normalized spacial score (nSPS) is 19.5. The molecule has 0 saturated carbocycles. The second-order valence-corrected chi connectivity index (χ2v) is 4.04. The molecule has 0 atom stereocenters. The molecule has 0 aromatic carbocycles. The van der Waals surface area contributed by atoms with Crippen LogP contribution in [0, 0.1) is 0 Å². The van der Waals surface area contributed by atoms with Crippen molar-refractivity contribution in [1.82, 2.24) is 4.90 Å². The second-order valence-electron chi connectivity index (χ2n) is 4.04. The summed E-state index contributed by atoms with van der Waals surface area (Å²) in [6, 6.07) is 0.614. The average Bonchev–Trinajstić information content (AvgIpc) is 2.20. The molecule has 0 radical (unpaired) electrons. The third-order valence-electron chi connectivity index (χ3n) is 2.68. The van der Waals surface area contributed by atoms with Crippen LogP contribution in [0.5, 0.6) is 0 Å². The van der Waals surface area contributed by atoms with E-state index in [4.69, 9.17) is 9.47 Å². The third kappa shape index (κ3) is 3.95. The van der Waals surface area contributed by atoms with Gasteiger partial charge in [0.25, 0.3) is 0 Å². The average molecular weight is 201 g/mol. The molecule has 0 bridgehead atoms. The minimum Gasteiger partial charge on any atom is -0.353 e. The van der Waals surface area contributed by atoms with E-state index in [0.717, 1.165) is 39.1 Å². The van der Waals surface area contributed by atoms with Crippen molar-refractivity contribution in [3.8, 4) is 0 Å². The van der Waals surface area contributed by atoms with Crippen molar-refractivity contribution in [2.24, 2.45) is 0 Å². The lowest BCUT2D eigenvalue weighted by Crippen LogP contribution is -2.35. The van der Waals surface area contributed by atoms with Crippen molar-refractivity contribution in [3.05, 3.63) is 0 Å². The fraction of sp³-hybridized carbons (Fsp3) is 1.00. The largest absolute Gasteiger partial charge is 0.353 e. The number of rotatable bonds is 5. The standard InChI is InChI=1S/C11H23NO2/c1-4-12(10(2)3)7-6-11-13-8-5-9-14-11/h10-11H,4-9H2,1-3H3. The Balaban J connectivity index is 2.16. The molecule has 0 aromatic rings. The topological polar surface area (TPSA) is 21.7 Å². The Hall–Kier alpha value is -0.120. The van der Waals surface area contributed by atoms with Crippen molar-refractivity contribution in [2.45, 2.75) is 45.9 Å². The van der Waals surface area contributed by atoms with Gasteiger partial charge in [-0.25, -0.2) is 0 Å². The smallest absolute Gasteiger partial charge is 0.158 e. The maximum absolute atomic E-state index is 5.50. The van der Waals surface area contributed by atoms with Crippen molar-refractivity contribution < 1.29 is 9.47 Å². The molecule has 0 N–H and O–H groups in total. The highest BCUT2D eigenvalue weighted by atomic mass is 16.7. The van der Waals surface area contributed by atoms with Crippen LogP contribution in [0.15, 0.2) is 0 Å². The van der Waals surface area contributed by atoms with Gasteiger partial charge in [-0.1, -0.05) is 6.92 Å². The Kier molecular flexibility index (Phi) is 5.45. The van der Waals surface area contributed by atoms with Gasteiger partial charge in [0.15, 0.2) is 6.29 Å². The monoisotopic (exact) mass is 201 g/mol. The van der Waals surface area contributed by atoms with Gasteiger partial charge in [-0.15, -0.1) is 0 Å². The quantitative estimate of drug-likeness (QED) is 0.678. The van der Waals surface area contributed by atoms with Crippen molar-refractivity contribution in [1.29, 1.82) is 0 Å². The van der Waals surface area contributed by atoms with Gasteiger partial charge < -0.3 is 14.4 Å². The van der Waals surface area contributed by atoms with Crippen LogP contribution < -0.4 is 0 Å². The van der Waals surface area contributed by atoms with E-state index in [-0.39, 0.29) is 6.29 Å². The Labute approximate surface area is 87.4 Å². The van der Waals surface area contributed by atoms with Crippen LogP contribution in [0.1, 0.15) is 33.6 Å². The molecule has 3 heteroatoms. The molecular weight excluding hydrogens is 178 g/mol. The summed E-state index contributed by atoms with van der Waals surface area (Å²) in [7, 11) is 0. The van der Waals surface area contributed by atoms with Crippen LogP contribution in [0.25, 0.3) is 0 Å². The first kappa shape index (κ1) is 12.0. The first-order valence-electron chi connectivity index (χ1n) is 5.71. The third-order valence-corrected chi connectivity index (χ3v) is 2.68. The van der Waals surface area contributed by atoms with Gasteiger partial charge in [0, 0.05) is 19.0 Å². The van der Waals surface area contributed by atoms with Gasteiger partial charge in [-0.3, -0.25) is 0 Å². The van der Waals surface area contributed by atoms with Gasteiger partial charge in [-0.2, -0.15) is 0 Å². The van der Waals surface area contributed by atoms with E-state index >= 15 is 0 Å². The molecule has 1 aliphatic heterocycles. The lowest BCUT2D eigenvalue weighted by atomic mass is 10.2. The molecule has 14 heavy (non-hydrogen) atoms. The zero-order valence-electron chi connectivity index (χ0n) is 9.66. The maximum Gasteiger partial charge on any atom is 0.158 e. The summed E-state index contributed by atoms with van der Waals surface area (Å²) in [6.07, 6.45) is 2.07. The molecule has 1 saturated heterocycles. The minimum absolute atomic E-state index is 0.0385. The summed E-state index contributed by atoms with van der Waals surface area (Å²) in [5.74, 6) is 0. The molecule has 1 rings (SSSR count). The van der Waals surface area contributed by atoms with Gasteiger partial charge in [0.1, 0.15) is 0 Å². The summed E-state index contributed by atoms with van der Waals surface area (Å²) in [5, 5.41) is 0. The summed E-state index contributed by atoms with van der Waals surface area (Å²) in [6.45, 7) is 10.5. The number of hydrogen-bond donors (Lipinski definition) is 0. The van der Waals surface area contributed by atoms with E-state index in [1.54, 1.807) is 0 Å². The van der Waals surface area contributed by atoms with Crippen LogP contribution in [0.3, 0.4) is 0 Å². The molecule has 1 fully saturated rings. The fourth-order valence-corrected chi connectivity index (χ4v) is 1.76. The van der Waals surface area contributed by atoms with Crippen LogP contribution in [0.2, 0.25) is 0 Å². The zero-order chi connectivity index (χ0) is 10.4. The van der Waals surface area contributed by atoms with Gasteiger partial charge in [-0.05, 0) is 26.8 Å². The lowest BCUT2D eigenvalue weighted by Gasteiger charge is -2.28. The predicted octanol–water partition coefficient (Wildman–Crippen LogP) is 1.87. The molecular formula is C11H23NO2. The highest BCUT2D eigenvalue weighted by molar-refractivity contribution is 4.62. The van der Waals surface area contributed by atoms with E-state index in [1.807, 2.05) is 0 Å². The molecule has 1 heterocycles. The molecule has 84 valence electrons. The number of hydrogen-bond acceptors (Lipinski definition) is 3. The van der Waals surface area contributed by atoms with Gasteiger partial charge in [0.2, 0.25) is 0 Å². The fourth-order valence-electron chi connectivity index (χ4n) is 1.76. The summed E-state index contributed by atoms with van der Waals surface area (Å²) in [4.78, 5) is 2.43. The SMILES string of the molecule is CCN(CCC1OCCCO1)C(C)C. The first-order chi connectivity index (χ1) is 6.74. The molecule has 3 nitrogen and oxygen atoms in total. The lowest BCUT2D eigenvalue weighted by molar-refractivity contribution is -0.183. The number of nitrogens with zero attached hydrogens (tertiary/aromatic N) is 1. The molecule has 0 aromatic heterocycles. The van der Waals surface area contributed by atoms with E-state index in [2.05, 4.69) is 25.7 Å². The summed E-state index contributed by atoms with van der Waals surface area (Å²) in [5.41, 5.74) is 0. The van der Waals surface area contributed by atoms with Crippen molar-refractivity contribution in [3.63, 3.8) is 0 Å². The molecule has 0 aliphatic carbocycles. The predicted molar refractivity (Wildman–Crippen MR) is 57.3 cm³/mol. The summed E-state index contributed by atoms with van der Waals surface area (Å²) < 4.78 is 11.0. The van der Waals surface area contributed by atoms with Gasteiger partial charge in [0.05, 0.1) is 13.2 Å². The maximum atomic E-state index is 5.50. The zero-order valence-corrected chi connectivity index (χ0v) is 9.66. The van der Waals surface area contributed by atoms with Crippen LogP contribution in [-0.4, -0.2) is 43.5 Å². The minimum atomic E-state index is 0.0385. The molecule has 1 aliphatic rings. The highest BCUT2D eigenvalue weighted by Gasteiger charge is 2.16. The van der Waals surface area contributed by atoms with E-state index in [0.29, 0.717) is 6.04 Å². The summed E-state index contributed by atoms with van der Waals surface area (Å²) >= 11 is 0. The first-order valence-corrected chi connectivity index (χ1v) is 5.71. The van der Waals surface area contributed by atoms with E-state index in [1.165, 1.54) is 0 Å². The number of ether oxygens (including phenoxy) is 2. The Morgan fingerprint density at radius 2 is 1.93 bits per heavy atom. The van der Waals surface area contributed by atoms with Gasteiger partial charge >= 0.3 is 0 Å². The Morgan fingerprint density at radius 1 is 1.29 bits per heavy atom. The Morgan fingerprint density at radius 3 is 2.43 bits per heavy atom.